The molecule has 2 N–H and O–H groups in total. The van der Waals surface area contributed by atoms with Gasteiger partial charge in [0.15, 0.2) is 5.96 Å². The standard InChI is InChI=1S/C20H32N4O2/c1-5-21-19(22-14-18(25)24(2)3)23-15-20(11-6-7-12-20)16-9-8-10-17(13-16)26-4/h8-10,13H,5-7,11-12,14-15H2,1-4H3,(H2,21,22,23). The molecule has 0 unspecified atom stereocenters. The van der Waals surface area contributed by atoms with Gasteiger partial charge in [0.25, 0.3) is 0 Å². The number of nitrogens with zero attached hydrogens (tertiary/aromatic N) is 2. The van der Waals surface area contributed by atoms with Crippen molar-refractivity contribution >= 4 is 11.9 Å². The molecule has 1 saturated carbocycles. The summed E-state index contributed by atoms with van der Waals surface area (Å²) in [4.78, 5) is 17.8. The monoisotopic (exact) mass is 360 g/mol. The Morgan fingerprint density at radius 2 is 2.00 bits per heavy atom. The van der Waals surface area contributed by atoms with Crippen molar-refractivity contribution in [1.82, 2.24) is 15.5 Å². The molecule has 2 rings (SSSR count). The number of aliphatic imine (C=N–C) groups is 1. The SMILES string of the molecule is CCNC(=NCC(=O)N(C)C)NCC1(c2cccc(OC)c2)CCCC1. The molecule has 1 aromatic carbocycles. The van der Waals surface area contributed by atoms with Gasteiger partial charge in [-0.3, -0.25) is 4.79 Å². The first kappa shape index (κ1) is 20.1. The lowest BCUT2D eigenvalue weighted by molar-refractivity contribution is -0.127. The maximum absolute atomic E-state index is 11.8. The minimum atomic E-state index is -0.00872. The van der Waals surface area contributed by atoms with Crippen LogP contribution in [0.3, 0.4) is 0 Å². The Bertz CT molecular complexity index is 622. The molecule has 1 amide bonds. The highest BCUT2D eigenvalue weighted by molar-refractivity contribution is 5.84. The highest BCUT2D eigenvalue weighted by atomic mass is 16.5. The minimum absolute atomic E-state index is 0.00872. The molecule has 1 fully saturated rings. The molecule has 0 aliphatic heterocycles. The first-order valence-corrected chi connectivity index (χ1v) is 9.37. The van der Waals surface area contributed by atoms with Gasteiger partial charge < -0.3 is 20.3 Å². The van der Waals surface area contributed by atoms with E-state index in [0.717, 1.165) is 31.7 Å². The highest BCUT2D eigenvalue weighted by Crippen LogP contribution is 2.41. The van der Waals surface area contributed by atoms with Crippen molar-refractivity contribution in [2.24, 2.45) is 4.99 Å². The number of nitrogens with one attached hydrogen (secondary N) is 2. The number of methoxy groups -OCH3 is 1. The number of hydrogen-bond donors (Lipinski definition) is 2. The van der Waals surface area contributed by atoms with Crippen LogP contribution in [-0.2, 0) is 10.2 Å². The molecular formula is C20H32N4O2. The fourth-order valence-corrected chi connectivity index (χ4v) is 3.46. The molecule has 0 spiro atoms. The van der Waals surface area contributed by atoms with Crippen LogP contribution in [0.1, 0.15) is 38.2 Å². The molecule has 1 aliphatic carbocycles. The summed E-state index contributed by atoms with van der Waals surface area (Å²) in [6.45, 7) is 3.73. The molecule has 6 nitrogen and oxygen atoms in total. The van der Waals surface area contributed by atoms with Gasteiger partial charge in [-0.2, -0.15) is 0 Å². The van der Waals surface area contributed by atoms with Gasteiger partial charge in [0.2, 0.25) is 5.91 Å². The van der Waals surface area contributed by atoms with Gasteiger partial charge in [0.1, 0.15) is 12.3 Å². The first-order chi connectivity index (χ1) is 12.5. The Balaban J connectivity index is 2.12. The third-order valence-electron chi connectivity index (χ3n) is 5.05. The summed E-state index contributed by atoms with van der Waals surface area (Å²) < 4.78 is 5.41. The van der Waals surface area contributed by atoms with Crippen LogP contribution >= 0.6 is 0 Å². The first-order valence-electron chi connectivity index (χ1n) is 9.37. The van der Waals surface area contributed by atoms with Crippen LogP contribution in [0, 0.1) is 0 Å². The Morgan fingerprint density at radius 1 is 1.27 bits per heavy atom. The van der Waals surface area contributed by atoms with E-state index in [4.69, 9.17) is 4.74 Å². The largest absolute Gasteiger partial charge is 0.497 e. The average molecular weight is 361 g/mol. The van der Waals surface area contributed by atoms with Gasteiger partial charge in [-0.1, -0.05) is 25.0 Å². The van der Waals surface area contributed by atoms with Gasteiger partial charge in [-0.15, -0.1) is 0 Å². The predicted molar refractivity (Wildman–Crippen MR) is 106 cm³/mol. The molecule has 0 bridgehead atoms. The van der Waals surface area contributed by atoms with Crippen LogP contribution in [0.4, 0.5) is 0 Å². The van der Waals surface area contributed by atoms with E-state index in [0.29, 0.717) is 5.96 Å². The number of likely N-dealkylation sites (N-methyl/N-ethyl adjacent to an activating group) is 1. The van der Waals surface area contributed by atoms with Crippen molar-refractivity contribution < 1.29 is 9.53 Å². The van der Waals surface area contributed by atoms with Crippen LogP contribution in [0.25, 0.3) is 0 Å². The number of carbonyl (C=O) groups is 1. The number of guanidine groups is 1. The number of hydrogen-bond acceptors (Lipinski definition) is 3. The molecule has 1 aliphatic rings. The molecular weight excluding hydrogens is 328 g/mol. The Morgan fingerprint density at radius 3 is 2.62 bits per heavy atom. The van der Waals surface area contributed by atoms with Crippen molar-refractivity contribution in [3.8, 4) is 5.75 Å². The molecule has 0 saturated heterocycles. The summed E-state index contributed by atoms with van der Waals surface area (Å²) in [6.07, 6.45) is 4.74. The van der Waals surface area contributed by atoms with Crippen molar-refractivity contribution in [2.75, 3.05) is 40.8 Å². The zero-order chi connectivity index (χ0) is 19.0. The third-order valence-corrected chi connectivity index (χ3v) is 5.05. The molecule has 1 aromatic rings. The smallest absolute Gasteiger partial charge is 0.243 e. The number of carbonyl (C=O) groups excluding carboxylic acids is 1. The number of rotatable bonds is 7. The van der Waals surface area contributed by atoms with E-state index < -0.39 is 0 Å². The van der Waals surface area contributed by atoms with Crippen molar-refractivity contribution in [2.45, 2.75) is 38.0 Å². The topological polar surface area (TPSA) is 66.0 Å². The third kappa shape index (κ3) is 5.13. The lowest BCUT2D eigenvalue weighted by Gasteiger charge is -2.31. The summed E-state index contributed by atoms with van der Waals surface area (Å²) in [6, 6.07) is 8.38. The second-order valence-electron chi connectivity index (χ2n) is 7.06. The van der Waals surface area contributed by atoms with E-state index in [2.05, 4.69) is 33.8 Å². The summed E-state index contributed by atoms with van der Waals surface area (Å²) in [5.74, 6) is 1.58. The van der Waals surface area contributed by atoms with E-state index in [1.165, 1.54) is 18.4 Å². The molecule has 0 atom stereocenters. The van der Waals surface area contributed by atoms with Crippen LogP contribution in [0.5, 0.6) is 5.75 Å². The van der Waals surface area contributed by atoms with Gasteiger partial charge in [-0.05, 0) is 37.5 Å². The Kier molecular flexibility index (Phi) is 7.30. The van der Waals surface area contributed by atoms with Crippen LogP contribution in [0.15, 0.2) is 29.3 Å². The maximum Gasteiger partial charge on any atom is 0.243 e. The van der Waals surface area contributed by atoms with Crippen molar-refractivity contribution in [3.63, 3.8) is 0 Å². The fourth-order valence-electron chi connectivity index (χ4n) is 3.46. The summed E-state index contributed by atoms with van der Waals surface area (Å²) in [5, 5.41) is 6.70. The fraction of sp³-hybridized carbons (Fsp3) is 0.600. The Labute approximate surface area is 157 Å². The van der Waals surface area contributed by atoms with Crippen molar-refractivity contribution in [1.29, 1.82) is 0 Å². The molecule has 0 radical (unpaired) electrons. The highest BCUT2D eigenvalue weighted by Gasteiger charge is 2.36. The van der Waals surface area contributed by atoms with Gasteiger partial charge in [0.05, 0.1) is 7.11 Å². The number of benzene rings is 1. The molecule has 26 heavy (non-hydrogen) atoms. The van der Waals surface area contributed by atoms with Crippen LogP contribution < -0.4 is 15.4 Å². The normalized spacial score (nSPS) is 16.2. The van der Waals surface area contributed by atoms with E-state index in [1.807, 2.05) is 13.0 Å². The van der Waals surface area contributed by atoms with Crippen LogP contribution in [-0.4, -0.2) is 57.6 Å². The lowest BCUT2D eigenvalue weighted by atomic mass is 9.78. The zero-order valence-electron chi connectivity index (χ0n) is 16.5. The van der Waals surface area contributed by atoms with E-state index in [9.17, 15) is 4.79 Å². The van der Waals surface area contributed by atoms with Gasteiger partial charge in [-0.25, -0.2) is 4.99 Å². The van der Waals surface area contributed by atoms with E-state index in [-0.39, 0.29) is 17.9 Å². The van der Waals surface area contributed by atoms with Gasteiger partial charge in [0, 0.05) is 32.6 Å². The predicted octanol–water partition coefficient (Wildman–Crippen LogP) is 2.15. The maximum atomic E-state index is 11.8. The summed E-state index contributed by atoms with van der Waals surface area (Å²) >= 11 is 0. The second-order valence-corrected chi connectivity index (χ2v) is 7.06. The lowest BCUT2D eigenvalue weighted by Crippen LogP contribution is -2.45. The van der Waals surface area contributed by atoms with E-state index >= 15 is 0 Å². The quantitative estimate of drug-likeness (QED) is 0.578. The summed E-state index contributed by atoms with van der Waals surface area (Å²) in [5.41, 5.74) is 1.39. The average Bonchev–Trinajstić information content (AvgIpc) is 3.14. The second kappa shape index (κ2) is 9.46. The minimum Gasteiger partial charge on any atom is -0.497 e. The van der Waals surface area contributed by atoms with Crippen LogP contribution in [0.2, 0.25) is 0 Å². The molecule has 6 heteroatoms. The summed E-state index contributed by atoms with van der Waals surface area (Å²) in [7, 11) is 5.19. The zero-order valence-corrected chi connectivity index (χ0v) is 16.5. The molecule has 0 aromatic heterocycles. The van der Waals surface area contributed by atoms with Crippen molar-refractivity contribution in [3.05, 3.63) is 29.8 Å². The van der Waals surface area contributed by atoms with Gasteiger partial charge >= 0.3 is 0 Å². The Hall–Kier alpha value is -2.24. The van der Waals surface area contributed by atoms with E-state index in [1.54, 1.807) is 26.1 Å². The number of amides is 1. The molecule has 144 valence electrons. The molecule has 0 heterocycles. The number of ether oxygens (including phenoxy) is 1.